The van der Waals surface area contributed by atoms with E-state index < -0.39 is 0 Å². The van der Waals surface area contributed by atoms with Crippen molar-refractivity contribution in [1.29, 1.82) is 0 Å². The van der Waals surface area contributed by atoms with E-state index in [1.807, 2.05) is 25.1 Å². The normalized spacial score (nSPS) is 12.0. The van der Waals surface area contributed by atoms with Crippen LogP contribution >= 0.6 is 24.0 Å². The number of rotatable bonds is 7. The van der Waals surface area contributed by atoms with Gasteiger partial charge in [0.1, 0.15) is 0 Å². The third kappa shape index (κ3) is 8.86. The molecule has 3 N–H and O–H groups in total. The maximum atomic E-state index is 11.7. The zero-order chi connectivity index (χ0) is 15.5. The molecule has 1 unspecified atom stereocenters. The molecule has 0 aromatic heterocycles. The first-order valence-corrected chi connectivity index (χ1v) is 7.43. The van der Waals surface area contributed by atoms with E-state index in [0.717, 1.165) is 6.42 Å². The van der Waals surface area contributed by atoms with Crippen LogP contribution in [0.25, 0.3) is 0 Å². The molecule has 1 amide bonds. The molecular formula is C16H27IN4O. The maximum absolute atomic E-state index is 11.7. The number of aliphatic imine (C=N–C) groups is 1. The minimum absolute atomic E-state index is 0. The third-order valence-corrected chi connectivity index (χ3v) is 3.19. The lowest BCUT2D eigenvalue weighted by Gasteiger charge is -2.13. The van der Waals surface area contributed by atoms with Gasteiger partial charge in [-0.15, -0.1) is 24.0 Å². The fourth-order valence-electron chi connectivity index (χ4n) is 1.75. The first-order chi connectivity index (χ1) is 10.2. The van der Waals surface area contributed by atoms with Crippen molar-refractivity contribution >= 4 is 35.8 Å². The average molecular weight is 418 g/mol. The van der Waals surface area contributed by atoms with Crippen molar-refractivity contribution in [1.82, 2.24) is 16.0 Å². The van der Waals surface area contributed by atoms with Gasteiger partial charge in [-0.2, -0.15) is 0 Å². The molecule has 124 valence electrons. The zero-order valence-electron chi connectivity index (χ0n) is 13.6. The minimum Gasteiger partial charge on any atom is -0.356 e. The van der Waals surface area contributed by atoms with Gasteiger partial charge >= 0.3 is 0 Å². The lowest BCUT2D eigenvalue weighted by Crippen LogP contribution is -2.40. The number of amides is 1. The summed E-state index contributed by atoms with van der Waals surface area (Å²) in [5, 5.41) is 9.30. The first kappa shape index (κ1) is 20.7. The molecular weight excluding hydrogens is 391 g/mol. The Morgan fingerprint density at radius 1 is 1.23 bits per heavy atom. The molecule has 0 aliphatic heterocycles. The quantitative estimate of drug-likeness (QED) is 0.362. The molecule has 1 aromatic rings. The van der Waals surface area contributed by atoms with Crippen molar-refractivity contribution in [3.8, 4) is 0 Å². The van der Waals surface area contributed by atoms with Crippen molar-refractivity contribution in [3.05, 3.63) is 35.9 Å². The van der Waals surface area contributed by atoms with Gasteiger partial charge in [-0.25, -0.2) is 0 Å². The highest BCUT2D eigenvalue weighted by Crippen LogP contribution is 1.96. The Balaban J connectivity index is 0.00000441. The number of halogens is 1. The van der Waals surface area contributed by atoms with Gasteiger partial charge in [0, 0.05) is 32.6 Å². The molecule has 0 radical (unpaired) electrons. The van der Waals surface area contributed by atoms with Crippen LogP contribution in [0.2, 0.25) is 0 Å². The largest absolute Gasteiger partial charge is 0.356 e. The predicted molar refractivity (Wildman–Crippen MR) is 103 cm³/mol. The van der Waals surface area contributed by atoms with Crippen LogP contribution in [0.3, 0.4) is 0 Å². The second kappa shape index (κ2) is 12.3. The molecule has 0 aliphatic rings. The summed E-state index contributed by atoms with van der Waals surface area (Å²) in [6.45, 7) is 5.33. The number of carbonyl (C=O) groups is 1. The summed E-state index contributed by atoms with van der Waals surface area (Å²) >= 11 is 0. The van der Waals surface area contributed by atoms with Crippen molar-refractivity contribution in [2.45, 2.75) is 39.3 Å². The van der Waals surface area contributed by atoms with Crippen molar-refractivity contribution in [2.75, 3.05) is 13.6 Å². The van der Waals surface area contributed by atoms with E-state index in [0.29, 0.717) is 25.5 Å². The highest BCUT2D eigenvalue weighted by atomic mass is 127. The number of nitrogens with one attached hydrogen (secondary N) is 3. The van der Waals surface area contributed by atoms with E-state index >= 15 is 0 Å². The summed E-state index contributed by atoms with van der Waals surface area (Å²) in [5.41, 5.74) is 1.19. The molecule has 0 heterocycles. The Morgan fingerprint density at radius 3 is 2.50 bits per heavy atom. The molecule has 0 fully saturated rings. The topological polar surface area (TPSA) is 65.5 Å². The molecule has 0 bridgehead atoms. The SMILES string of the molecule is CCC(C)NC(=O)CCNC(=NC)NCc1ccccc1.I. The summed E-state index contributed by atoms with van der Waals surface area (Å²) in [6.07, 6.45) is 1.38. The maximum Gasteiger partial charge on any atom is 0.221 e. The first-order valence-electron chi connectivity index (χ1n) is 7.43. The van der Waals surface area contributed by atoms with Gasteiger partial charge in [0.05, 0.1) is 0 Å². The van der Waals surface area contributed by atoms with Gasteiger partial charge in [-0.05, 0) is 18.9 Å². The average Bonchev–Trinajstić information content (AvgIpc) is 2.51. The molecule has 0 saturated carbocycles. The molecule has 0 spiro atoms. The van der Waals surface area contributed by atoms with Gasteiger partial charge in [-0.3, -0.25) is 9.79 Å². The van der Waals surface area contributed by atoms with Crippen LogP contribution < -0.4 is 16.0 Å². The van der Waals surface area contributed by atoms with Crippen LogP contribution in [-0.2, 0) is 11.3 Å². The summed E-state index contributed by atoms with van der Waals surface area (Å²) in [7, 11) is 1.72. The molecule has 1 aromatic carbocycles. The van der Waals surface area contributed by atoms with Gasteiger partial charge in [0.25, 0.3) is 0 Å². The molecule has 5 nitrogen and oxygen atoms in total. The minimum atomic E-state index is 0. The van der Waals surface area contributed by atoms with E-state index in [9.17, 15) is 4.79 Å². The Morgan fingerprint density at radius 2 is 1.91 bits per heavy atom. The van der Waals surface area contributed by atoms with Crippen LogP contribution in [0.4, 0.5) is 0 Å². The number of guanidine groups is 1. The molecule has 22 heavy (non-hydrogen) atoms. The number of hydrogen-bond acceptors (Lipinski definition) is 2. The molecule has 0 aliphatic carbocycles. The second-order valence-electron chi connectivity index (χ2n) is 4.96. The Kier molecular flexibility index (Phi) is 11.5. The molecule has 1 atom stereocenters. The molecule has 6 heteroatoms. The standard InChI is InChI=1S/C16H26N4O.HI/c1-4-13(2)20-15(21)10-11-18-16(17-3)19-12-14-8-6-5-7-9-14;/h5-9,13H,4,10-12H2,1-3H3,(H,20,21)(H2,17,18,19);1H. The fraction of sp³-hybridized carbons (Fsp3) is 0.500. The lowest BCUT2D eigenvalue weighted by atomic mass is 10.2. The highest BCUT2D eigenvalue weighted by Gasteiger charge is 2.05. The number of hydrogen-bond donors (Lipinski definition) is 3. The summed E-state index contributed by atoms with van der Waals surface area (Å²) in [5.74, 6) is 0.769. The summed E-state index contributed by atoms with van der Waals surface area (Å²) in [4.78, 5) is 15.8. The van der Waals surface area contributed by atoms with Crippen molar-refractivity contribution in [2.24, 2.45) is 4.99 Å². The summed E-state index contributed by atoms with van der Waals surface area (Å²) in [6, 6.07) is 10.3. The Hall–Kier alpha value is -1.31. The van der Waals surface area contributed by atoms with E-state index in [-0.39, 0.29) is 35.9 Å². The van der Waals surface area contributed by atoms with Crippen molar-refractivity contribution in [3.63, 3.8) is 0 Å². The smallest absolute Gasteiger partial charge is 0.221 e. The van der Waals surface area contributed by atoms with Crippen LogP contribution in [0.5, 0.6) is 0 Å². The molecule has 1 rings (SSSR count). The van der Waals surface area contributed by atoms with Gasteiger partial charge in [0.2, 0.25) is 5.91 Å². The van der Waals surface area contributed by atoms with E-state index in [1.54, 1.807) is 7.05 Å². The Bertz CT molecular complexity index is 451. The highest BCUT2D eigenvalue weighted by molar-refractivity contribution is 14.0. The van der Waals surface area contributed by atoms with Gasteiger partial charge in [-0.1, -0.05) is 37.3 Å². The Labute approximate surface area is 150 Å². The monoisotopic (exact) mass is 418 g/mol. The van der Waals surface area contributed by atoms with Crippen LogP contribution in [-0.4, -0.2) is 31.5 Å². The van der Waals surface area contributed by atoms with E-state index in [4.69, 9.17) is 0 Å². The van der Waals surface area contributed by atoms with Gasteiger partial charge < -0.3 is 16.0 Å². The number of benzene rings is 1. The summed E-state index contributed by atoms with van der Waals surface area (Å²) < 4.78 is 0. The zero-order valence-corrected chi connectivity index (χ0v) is 15.9. The number of nitrogens with zero attached hydrogens (tertiary/aromatic N) is 1. The van der Waals surface area contributed by atoms with Crippen LogP contribution in [0.1, 0.15) is 32.3 Å². The fourth-order valence-corrected chi connectivity index (χ4v) is 1.75. The van der Waals surface area contributed by atoms with E-state index in [2.05, 4.69) is 40.0 Å². The number of carbonyl (C=O) groups excluding carboxylic acids is 1. The van der Waals surface area contributed by atoms with Crippen LogP contribution in [0.15, 0.2) is 35.3 Å². The van der Waals surface area contributed by atoms with Gasteiger partial charge in [0.15, 0.2) is 5.96 Å². The van der Waals surface area contributed by atoms with E-state index in [1.165, 1.54) is 5.56 Å². The van der Waals surface area contributed by atoms with Crippen molar-refractivity contribution < 1.29 is 4.79 Å². The molecule has 0 saturated heterocycles. The predicted octanol–water partition coefficient (Wildman–Crippen LogP) is 2.27. The lowest BCUT2D eigenvalue weighted by molar-refractivity contribution is -0.121. The second-order valence-corrected chi connectivity index (χ2v) is 4.96. The van der Waals surface area contributed by atoms with Crippen LogP contribution in [0, 0.1) is 0 Å². The third-order valence-electron chi connectivity index (χ3n) is 3.19.